The molecule has 1 rings (SSSR count). The van der Waals surface area contributed by atoms with E-state index in [4.69, 9.17) is 0 Å². The lowest BCUT2D eigenvalue weighted by Gasteiger charge is -2.13. The Morgan fingerprint density at radius 3 is 2.53 bits per heavy atom. The Morgan fingerprint density at radius 2 is 1.95 bits per heavy atom. The lowest BCUT2D eigenvalue weighted by atomic mass is 10.1. The van der Waals surface area contributed by atoms with Crippen LogP contribution >= 0.6 is 0 Å². The van der Waals surface area contributed by atoms with Crippen molar-refractivity contribution in [3.8, 4) is 0 Å². The maximum atomic E-state index is 12.7. The zero-order valence-corrected chi connectivity index (χ0v) is 11.3. The Morgan fingerprint density at radius 1 is 1.32 bits per heavy atom. The average Bonchev–Trinajstić information content (AvgIpc) is 2.31. The van der Waals surface area contributed by atoms with Gasteiger partial charge in [-0.25, -0.2) is 4.39 Å². The number of halogens is 1. The summed E-state index contributed by atoms with van der Waals surface area (Å²) in [5.41, 5.74) is 0.552. The molecule has 106 valence electrons. The topological polar surface area (TPSA) is 61.4 Å². The maximum absolute atomic E-state index is 12.7. The van der Waals surface area contributed by atoms with Gasteiger partial charge in [0.2, 0.25) is 5.91 Å². The molecule has 5 heteroatoms. The number of carbonyl (C=O) groups excluding carboxylic acids is 1. The van der Waals surface area contributed by atoms with Crippen molar-refractivity contribution in [1.82, 2.24) is 5.32 Å². The van der Waals surface area contributed by atoms with Gasteiger partial charge in [0.1, 0.15) is 5.82 Å². The Bertz CT molecular complexity index is 393. The number of aliphatic hydroxyl groups excluding tert-OH is 1. The number of amides is 1. The van der Waals surface area contributed by atoms with Crippen LogP contribution in [0.5, 0.6) is 0 Å². The number of hydrogen-bond donors (Lipinski definition) is 3. The Labute approximate surface area is 113 Å². The normalized spacial score (nSPS) is 12.5. The predicted molar refractivity (Wildman–Crippen MR) is 73.4 cm³/mol. The summed E-state index contributed by atoms with van der Waals surface area (Å²) in [6.07, 6.45) is 0.255. The molecule has 0 saturated heterocycles. The molecule has 3 N–H and O–H groups in total. The first-order chi connectivity index (χ1) is 8.97. The SMILES string of the molecule is CC(C)CC(O)CNCC(=O)Nc1ccc(F)cc1. The van der Waals surface area contributed by atoms with Crippen molar-refractivity contribution in [1.29, 1.82) is 0 Å². The van der Waals surface area contributed by atoms with Crippen LogP contribution in [-0.4, -0.2) is 30.2 Å². The van der Waals surface area contributed by atoms with Gasteiger partial charge in [-0.05, 0) is 36.6 Å². The van der Waals surface area contributed by atoms with E-state index < -0.39 is 6.10 Å². The Kier molecular flexibility index (Phi) is 6.45. The minimum Gasteiger partial charge on any atom is -0.392 e. The van der Waals surface area contributed by atoms with Crippen LogP contribution in [0.3, 0.4) is 0 Å². The van der Waals surface area contributed by atoms with Gasteiger partial charge in [-0.2, -0.15) is 0 Å². The maximum Gasteiger partial charge on any atom is 0.238 e. The lowest BCUT2D eigenvalue weighted by molar-refractivity contribution is -0.115. The fourth-order valence-corrected chi connectivity index (χ4v) is 1.72. The van der Waals surface area contributed by atoms with Gasteiger partial charge in [-0.3, -0.25) is 4.79 Å². The summed E-state index contributed by atoms with van der Waals surface area (Å²) in [5.74, 6) is -0.138. The zero-order valence-electron chi connectivity index (χ0n) is 11.3. The van der Waals surface area contributed by atoms with Gasteiger partial charge in [0, 0.05) is 12.2 Å². The molecule has 0 heterocycles. The number of carbonyl (C=O) groups is 1. The minimum atomic E-state index is -0.446. The Hall–Kier alpha value is -1.46. The van der Waals surface area contributed by atoms with Crippen LogP contribution in [0.1, 0.15) is 20.3 Å². The summed E-state index contributed by atoms with van der Waals surface area (Å²) in [4.78, 5) is 11.6. The second-order valence-electron chi connectivity index (χ2n) is 4.97. The summed E-state index contributed by atoms with van der Waals surface area (Å²) in [6, 6.07) is 5.58. The summed E-state index contributed by atoms with van der Waals surface area (Å²) < 4.78 is 12.7. The third-order valence-electron chi connectivity index (χ3n) is 2.54. The summed E-state index contributed by atoms with van der Waals surface area (Å²) in [7, 11) is 0. The van der Waals surface area contributed by atoms with E-state index in [-0.39, 0.29) is 18.3 Å². The molecule has 0 spiro atoms. The fraction of sp³-hybridized carbons (Fsp3) is 0.500. The van der Waals surface area contributed by atoms with Crippen LogP contribution in [0.15, 0.2) is 24.3 Å². The fourth-order valence-electron chi connectivity index (χ4n) is 1.72. The predicted octanol–water partition coefficient (Wildman–Crippen LogP) is 1.76. The molecule has 19 heavy (non-hydrogen) atoms. The first-order valence-corrected chi connectivity index (χ1v) is 6.41. The molecule has 0 aliphatic rings. The van der Waals surface area contributed by atoms with Crippen molar-refractivity contribution in [2.45, 2.75) is 26.4 Å². The number of aliphatic hydroxyl groups is 1. The van der Waals surface area contributed by atoms with Gasteiger partial charge in [0.25, 0.3) is 0 Å². The van der Waals surface area contributed by atoms with Gasteiger partial charge in [-0.15, -0.1) is 0 Å². The van der Waals surface area contributed by atoms with Crippen LogP contribution in [0, 0.1) is 11.7 Å². The van der Waals surface area contributed by atoms with E-state index in [2.05, 4.69) is 10.6 Å². The lowest BCUT2D eigenvalue weighted by Crippen LogP contribution is -2.34. The molecule has 1 aromatic carbocycles. The van der Waals surface area contributed by atoms with Crippen molar-refractivity contribution in [3.05, 3.63) is 30.1 Å². The van der Waals surface area contributed by atoms with Crippen molar-refractivity contribution >= 4 is 11.6 Å². The summed E-state index contributed by atoms with van der Waals surface area (Å²) in [6.45, 7) is 4.57. The first-order valence-electron chi connectivity index (χ1n) is 6.41. The quantitative estimate of drug-likeness (QED) is 0.706. The molecule has 0 aliphatic carbocycles. The third kappa shape index (κ3) is 6.88. The first kappa shape index (κ1) is 15.6. The molecule has 0 saturated carbocycles. The van der Waals surface area contributed by atoms with Gasteiger partial charge >= 0.3 is 0 Å². The number of nitrogens with one attached hydrogen (secondary N) is 2. The summed E-state index contributed by atoms with van der Waals surface area (Å²) in [5, 5.41) is 15.1. The molecule has 0 bridgehead atoms. The van der Waals surface area contributed by atoms with Crippen molar-refractivity contribution in [3.63, 3.8) is 0 Å². The Balaban J connectivity index is 2.23. The zero-order chi connectivity index (χ0) is 14.3. The highest BCUT2D eigenvalue weighted by Gasteiger charge is 2.08. The molecule has 1 atom stereocenters. The molecule has 4 nitrogen and oxygen atoms in total. The largest absolute Gasteiger partial charge is 0.392 e. The van der Waals surface area contributed by atoms with E-state index in [9.17, 15) is 14.3 Å². The smallest absolute Gasteiger partial charge is 0.238 e. The van der Waals surface area contributed by atoms with E-state index in [0.717, 1.165) is 0 Å². The highest BCUT2D eigenvalue weighted by atomic mass is 19.1. The molecule has 0 aromatic heterocycles. The van der Waals surface area contributed by atoms with Crippen molar-refractivity contribution in [2.24, 2.45) is 5.92 Å². The van der Waals surface area contributed by atoms with E-state index >= 15 is 0 Å². The second-order valence-corrected chi connectivity index (χ2v) is 4.97. The van der Waals surface area contributed by atoms with E-state index in [1.807, 2.05) is 13.8 Å². The van der Waals surface area contributed by atoms with Gasteiger partial charge < -0.3 is 15.7 Å². The highest BCUT2D eigenvalue weighted by Crippen LogP contribution is 2.07. The molecule has 0 radical (unpaired) electrons. The number of hydrogen-bond acceptors (Lipinski definition) is 3. The average molecular weight is 268 g/mol. The number of anilines is 1. The van der Waals surface area contributed by atoms with E-state index in [0.29, 0.717) is 24.6 Å². The van der Waals surface area contributed by atoms with E-state index in [1.54, 1.807) is 0 Å². The van der Waals surface area contributed by atoms with Crippen molar-refractivity contribution < 1.29 is 14.3 Å². The molecular formula is C14H21FN2O2. The molecule has 1 unspecified atom stereocenters. The van der Waals surface area contributed by atoms with E-state index in [1.165, 1.54) is 24.3 Å². The van der Waals surface area contributed by atoms with Crippen LogP contribution in [-0.2, 0) is 4.79 Å². The van der Waals surface area contributed by atoms with Gasteiger partial charge in [-0.1, -0.05) is 13.8 Å². The second kappa shape index (κ2) is 7.86. The molecule has 1 amide bonds. The minimum absolute atomic E-state index is 0.118. The third-order valence-corrected chi connectivity index (χ3v) is 2.54. The van der Waals surface area contributed by atoms with Gasteiger partial charge in [0.15, 0.2) is 0 Å². The molecule has 1 aromatic rings. The molecular weight excluding hydrogens is 247 g/mol. The van der Waals surface area contributed by atoms with Crippen LogP contribution in [0.2, 0.25) is 0 Å². The van der Waals surface area contributed by atoms with Crippen LogP contribution in [0.4, 0.5) is 10.1 Å². The molecule has 0 fully saturated rings. The van der Waals surface area contributed by atoms with Crippen molar-refractivity contribution in [2.75, 3.05) is 18.4 Å². The molecule has 0 aliphatic heterocycles. The van der Waals surface area contributed by atoms with Gasteiger partial charge in [0.05, 0.1) is 12.6 Å². The van der Waals surface area contributed by atoms with Crippen LogP contribution < -0.4 is 10.6 Å². The number of benzene rings is 1. The monoisotopic (exact) mass is 268 g/mol. The highest BCUT2D eigenvalue weighted by molar-refractivity contribution is 5.92. The summed E-state index contributed by atoms with van der Waals surface area (Å²) >= 11 is 0. The standard InChI is InChI=1S/C14H21FN2O2/c1-10(2)7-13(18)8-16-9-14(19)17-12-5-3-11(15)4-6-12/h3-6,10,13,16,18H,7-9H2,1-2H3,(H,17,19). The number of rotatable bonds is 7. The van der Waals surface area contributed by atoms with Crippen LogP contribution in [0.25, 0.3) is 0 Å².